The zero-order valence-electron chi connectivity index (χ0n) is 10.6. The van der Waals surface area contributed by atoms with Gasteiger partial charge >= 0.3 is 5.97 Å². The zero-order chi connectivity index (χ0) is 13.2. The first-order valence-corrected chi connectivity index (χ1v) is 6.52. The molecule has 0 bridgehead atoms. The molecule has 1 aliphatic rings. The molecular formula is C13H16N4O2. The lowest BCUT2D eigenvalue weighted by Gasteiger charge is -2.08. The molecule has 0 unspecified atom stereocenters. The normalized spacial score (nSPS) is 16.0. The van der Waals surface area contributed by atoms with Gasteiger partial charge in [-0.1, -0.05) is 12.8 Å². The van der Waals surface area contributed by atoms with Crippen LogP contribution in [0.15, 0.2) is 24.7 Å². The van der Waals surface area contributed by atoms with E-state index in [2.05, 4.69) is 10.2 Å². The molecule has 0 saturated heterocycles. The van der Waals surface area contributed by atoms with Gasteiger partial charge in [0.05, 0.1) is 30.0 Å². The quantitative estimate of drug-likeness (QED) is 0.911. The van der Waals surface area contributed by atoms with E-state index in [9.17, 15) is 4.79 Å². The predicted octanol–water partition coefficient (Wildman–Crippen LogP) is 1.94. The summed E-state index contributed by atoms with van der Waals surface area (Å²) in [7, 11) is 0. The van der Waals surface area contributed by atoms with Crippen LogP contribution in [-0.4, -0.2) is 30.6 Å². The zero-order valence-corrected chi connectivity index (χ0v) is 10.6. The molecule has 0 amide bonds. The Morgan fingerprint density at radius 1 is 1.42 bits per heavy atom. The Labute approximate surface area is 110 Å². The number of carboxylic acid groups (broad SMARTS) is 1. The number of nitrogens with zero attached hydrogens (tertiary/aromatic N) is 4. The van der Waals surface area contributed by atoms with Crippen molar-refractivity contribution in [2.75, 3.05) is 0 Å². The Kier molecular flexibility index (Phi) is 3.06. The number of hydrogen-bond acceptors (Lipinski definition) is 3. The average Bonchev–Trinajstić information content (AvgIpc) is 3.09. The number of aromatic carboxylic acids is 1. The third kappa shape index (κ3) is 2.52. The van der Waals surface area contributed by atoms with Crippen LogP contribution in [0.4, 0.5) is 0 Å². The summed E-state index contributed by atoms with van der Waals surface area (Å²) in [6.45, 7) is 0.507. The van der Waals surface area contributed by atoms with Crippen molar-refractivity contribution in [2.24, 2.45) is 0 Å². The van der Waals surface area contributed by atoms with Crippen LogP contribution in [0.25, 0.3) is 0 Å². The van der Waals surface area contributed by atoms with E-state index in [-0.39, 0.29) is 5.56 Å². The molecule has 2 aromatic heterocycles. The van der Waals surface area contributed by atoms with Crippen molar-refractivity contribution in [2.45, 2.75) is 38.3 Å². The van der Waals surface area contributed by atoms with Gasteiger partial charge in [-0.25, -0.2) is 4.79 Å². The van der Waals surface area contributed by atoms with Gasteiger partial charge in [0, 0.05) is 12.4 Å². The second-order valence-electron chi connectivity index (χ2n) is 4.96. The minimum Gasteiger partial charge on any atom is -0.478 e. The molecule has 2 heterocycles. The van der Waals surface area contributed by atoms with Crippen molar-refractivity contribution in [1.82, 2.24) is 19.6 Å². The molecule has 0 atom stereocenters. The van der Waals surface area contributed by atoms with Gasteiger partial charge in [0.1, 0.15) is 0 Å². The first-order chi connectivity index (χ1) is 9.22. The van der Waals surface area contributed by atoms with Crippen LogP contribution in [0.5, 0.6) is 0 Å². The second-order valence-corrected chi connectivity index (χ2v) is 4.96. The van der Waals surface area contributed by atoms with E-state index in [1.165, 1.54) is 38.1 Å². The second kappa shape index (κ2) is 4.87. The number of hydrogen-bond donors (Lipinski definition) is 1. The molecule has 0 aromatic carbocycles. The van der Waals surface area contributed by atoms with Crippen LogP contribution < -0.4 is 0 Å². The average molecular weight is 260 g/mol. The van der Waals surface area contributed by atoms with Crippen molar-refractivity contribution in [3.8, 4) is 0 Å². The van der Waals surface area contributed by atoms with Crippen molar-refractivity contribution < 1.29 is 9.90 Å². The van der Waals surface area contributed by atoms with E-state index in [0.717, 1.165) is 5.69 Å². The third-order valence-corrected chi connectivity index (χ3v) is 3.57. The first kappa shape index (κ1) is 12.0. The molecule has 3 rings (SSSR count). The highest BCUT2D eigenvalue weighted by molar-refractivity contribution is 5.86. The lowest BCUT2D eigenvalue weighted by atomic mass is 10.3. The minimum atomic E-state index is -0.956. The lowest BCUT2D eigenvalue weighted by Crippen LogP contribution is -2.07. The van der Waals surface area contributed by atoms with Crippen LogP contribution in [0.1, 0.15) is 47.8 Å². The van der Waals surface area contributed by atoms with E-state index in [1.807, 2.05) is 16.9 Å². The fourth-order valence-electron chi connectivity index (χ4n) is 2.56. The minimum absolute atomic E-state index is 0.204. The lowest BCUT2D eigenvalue weighted by molar-refractivity contribution is 0.0697. The summed E-state index contributed by atoms with van der Waals surface area (Å²) in [5, 5.41) is 17.4. The van der Waals surface area contributed by atoms with Crippen molar-refractivity contribution in [3.63, 3.8) is 0 Å². The molecule has 0 aliphatic heterocycles. The van der Waals surface area contributed by atoms with Crippen LogP contribution in [-0.2, 0) is 6.54 Å². The molecule has 6 heteroatoms. The molecular weight excluding hydrogens is 244 g/mol. The van der Waals surface area contributed by atoms with Crippen LogP contribution >= 0.6 is 0 Å². The number of carboxylic acids is 1. The van der Waals surface area contributed by atoms with E-state index < -0.39 is 5.97 Å². The van der Waals surface area contributed by atoms with Crippen LogP contribution in [0.3, 0.4) is 0 Å². The molecule has 1 N–H and O–H groups in total. The maximum absolute atomic E-state index is 10.8. The summed E-state index contributed by atoms with van der Waals surface area (Å²) in [6.07, 6.45) is 9.85. The molecule has 2 aromatic rings. The molecule has 1 saturated carbocycles. The van der Waals surface area contributed by atoms with Crippen molar-refractivity contribution in [1.29, 1.82) is 0 Å². The third-order valence-electron chi connectivity index (χ3n) is 3.57. The highest BCUT2D eigenvalue weighted by atomic mass is 16.4. The number of carbonyl (C=O) groups is 1. The van der Waals surface area contributed by atoms with Gasteiger partial charge in [-0.05, 0) is 18.9 Å². The Balaban J connectivity index is 1.70. The largest absolute Gasteiger partial charge is 0.478 e. The van der Waals surface area contributed by atoms with Crippen molar-refractivity contribution >= 4 is 5.97 Å². The standard InChI is InChI=1S/C13H16N4O2/c18-13(19)10-7-14-16(8-10)9-11-5-6-17(15-11)12-3-1-2-4-12/h5-8,12H,1-4,9H2,(H,18,19). The molecule has 100 valence electrons. The molecule has 6 nitrogen and oxygen atoms in total. The summed E-state index contributed by atoms with van der Waals surface area (Å²) >= 11 is 0. The van der Waals surface area contributed by atoms with Crippen LogP contribution in [0.2, 0.25) is 0 Å². The maximum atomic E-state index is 10.8. The highest BCUT2D eigenvalue weighted by Gasteiger charge is 2.17. The topological polar surface area (TPSA) is 72.9 Å². The predicted molar refractivity (Wildman–Crippen MR) is 68.0 cm³/mol. The molecule has 1 aliphatic carbocycles. The Morgan fingerprint density at radius 2 is 2.21 bits per heavy atom. The fraction of sp³-hybridized carbons (Fsp3) is 0.462. The van der Waals surface area contributed by atoms with Gasteiger partial charge in [-0.3, -0.25) is 9.36 Å². The van der Waals surface area contributed by atoms with Gasteiger partial charge in [0.2, 0.25) is 0 Å². The highest BCUT2D eigenvalue weighted by Crippen LogP contribution is 2.28. The summed E-state index contributed by atoms with van der Waals surface area (Å²) in [5.74, 6) is -0.956. The SMILES string of the molecule is O=C(O)c1cnn(Cc2ccn(C3CCCC3)n2)c1. The molecule has 0 spiro atoms. The smallest absolute Gasteiger partial charge is 0.338 e. The maximum Gasteiger partial charge on any atom is 0.338 e. The summed E-state index contributed by atoms with van der Waals surface area (Å²) < 4.78 is 3.63. The Bertz CT molecular complexity index is 581. The fourth-order valence-corrected chi connectivity index (χ4v) is 2.56. The van der Waals surface area contributed by atoms with E-state index in [4.69, 9.17) is 5.11 Å². The first-order valence-electron chi connectivity index (χ1n) is 6.52. The van der Waals surface area contributed by atoms with Gasteiger partial charge in [0.25, 0.3) is 0 Å². The van der Waals surface area contributed by atoms with E-state index in [0.29, 0.717) is 12.6 Å². The van der Waals surface area contributed by atoms with Gasteiger partial charge in [0.15, 0.2) is 0 Å². The van der Waals surface area contributed by atoms with E-state index in [1.54, 1.807) is 4.68 Å². The Hall–Kier alpha value is -2.11. The van der Waals surface area contributed by atoms with E-state index >= 15 is 0 Å². The summed E-state index contributed by atoms with van der Waals surface area (Å²) in [5.41, 5.74) is 1.11. The number of rotatable bonds is 4. The monoisotopic (exact) mass is 260 g/mol. The number of aromatic nitrogens is 4. The van der Waals surface area contributed by atoms with Crippen molar-refractivity contribution in [3.05, 3.63) is 35.9 Å². The van der Waals surface area contributed by atoms with Gasteiger partial charge in [-0.2, -0.15) is 10.2 Å². The molecule has 19 heavy (non-hydrogen) atoms. The van der Waals surface area contributed by atoms with Gasteiger partial charge in [-0.15, -0.1) is 0 Å². The molecule has 1 fully saturated rings. The van der Waals surface area contributed by atoms with Crippen LogP contribution in [0, 0.1) is 0 Å². The molecule has 0 radical (unpaired) electrons. The Morgan fingerprint density at radius 3 is 2.89 bits per heavy atom. The van der Waals surface area contributed by atoms with Gasteiger partial charge < -0.3 is 5.11 Å². The summed E-state index contributed by atoms with van der Waals surface area (Å²) in [4.78, 5) is 10.8. The summed E-state index contributed by atoms with van der Waals surface area (Å²) in [6, 6.07) is 2.50.